The van der Waals surface area contributed by atoms with Gasteiger partial charge < -0.3 is 10.7 Å². The third-order valence-corrected chi connectivity index (χ3v) is 2.37. The van der Waals surface area contributed by atoms with E-state index in [-0.39, 0.29) is 0 Å². The summed E-state index contributed by atoms with van der Waals surface area (Å²) in [5.74, 6) is 5.09. The fourth-order valence-corrected chi connectivity index (χ4v) is 1.63. The van der Waals surface area contributed by atoms with E-state index in [0.29, 0.717) is 5.11 Å². The van der Waals surface area contributed by atoms with Crippen molar-refractivity contribution in [1.82, 2.24) is 5.43 Å². The minimum atomic E-state index is 0.440. The van der Waals surface area contributed by atoms with Crippen LogP contribution < -0.4 is 16.6 Å². The number of rotatable bonds is 1. The Morgan fingerprint density at radius 1 is 1.73 bits per heavy atom. The molecule has 1 aromatic rings. The van der Waals surface area contributed by atoms with Gasteiger partial charge in [-0.15, -0.1) is 11.3 Å². The van der Waals surface area contributed by atoms with Gasteiger partial charge in [-0.25, -0.2) is 5.84 Å². The average molecular weight is 187 g/mol. The molecule has 5 heteroatoms. The summed E-state index contributed by atoms with van der Waals surface area (Å²) in [4.78, 5) is 0. The lowest BCUT2D eigenvalue weighted by Crippen LogP contribution is -2.33. The van der Waals surface area contributed by atoms with Gasteiger partial charge in [0, 0.05) is 0 Å². The molecule has 0 aromatic carbocycles. The summed E-state index contributed by atoms with van der Waals surface area (Å²) in [6, 6.07) is 2.02. The van der Waals surface area contributed by atoms with Crippen molar-refractivity contribution in [3.05, 3.63) is 17.0 Å². The van der Waals surface area contributed by atoms with Crippen LogP contribution in [0.15, 0.2) is 11.4 Å². The van der Waals surface area contributed by atoms with Gasteiger partial charge in [0.1, 0.15) is 0 Å². The molecule has 0 aliphatic carbocycles. The molecule has 3 nitrogen and oxygen atoms in total. The number of hydrogen-bond acceptors (Lipinski definition) is 3. The summed E-state index contributed by atoms with van der Waals surface area (Å²) < 4.78 is 0. The summed E-state index contributed by atoms with van der Waals surface area (Å²) in [6.45, 7) is 2.01. The number of hydrazine groups is 1. The van der Waals surface area contributed by atoms with Gasteiger partial charge in [0.2, 0.25) is 0 Å². The first-order valence-corrected chi connectivity index (χ1v) is 4.34. The van der Waals surface area contributed by atoms with E-state index in [1.807, 2.05) is 18.4 Å². The molecule has 0 saturated carbocycles. The molecule has 0 atom stereocenters. The monoisotopic (exact) mass is 187 g/mol. The molecule has 60 valence electrons. The summed E-state index contributed by atoms with van der Waals surface area (Å²) >= 11 is 6.42. The second kappa shape index (κ2) is 3.66. The van der Waals surface area contributed by atoms with Gasteiger partial charge >= 0.3 is 0 Å². The molecule has 4 N–H and O–H groups in total. The highest BCUT2D eigenvalue weighted by Gasteiger charge is 1.99. The number of nitrogens with one attached hydrogen (secondary N) is 2. The van der Waals surface area contributed by atoms with Crippen molar-refractivity contribution in [2.24, 2.45) is 5.84 Å². The van der Waals surface area contributed by atoms with Crippen LogP contribution in [0.5, 0.6) is 0 Å². The van der Waals surface area contributed by atoms with E-state index in [2.05, 4.69) is 10.7 Å². The van der Waals surface area contributed by atoms with E-state index >= 15 is 0 Å². The maximum atomic E-state index is 5.09. The second-order valence-corrected chi connectivity index (χ2v) is 3.36. The maximum absolute atomic E-state index is 5.09. The topological polar surface area (TPSA) is 50.1 Å². The SMILES string of the molecule is Cc1ccsc1NC(=S)NN. The van der Waals surface area contributed by atoms with Crippen LogP contribution in [0.1, 0.15) is 5.56 Å². The molecule has 1 rings (SSSR count). The van der Waals surface area contributed by atoms with Gasteiger partial charge in [-0.05, 0) is 36.2 Å². The van der Waals surface area contributed by atoms with E-state index in [1.165, 1.54) is 5.56 Å². The first kappa shape index (κ1) is 8.45. The molecule has 0 spiro atoms. The van der Waals surface area contributed by atoms with Gasteiger partial charge in [0.05, 0.1) is 5.00 Å². The maximum Gasteiger partial charge on any atom is 0.185 e. The Bertz CT molecular complexity index is 256. The molecule has 0 aliphatic rings. The smallest absolute Gasteiger partial charge is 0.185 e. The Balaban J connectivity index is 2.64. The van der Waals surface area contributed by atoms with Gasteiger partial charge in [0.25, 0.3) is 0 Å². The van der Waals surface area contributed by atoms with E-state index < -0.39 is 0 Å². The van der Waals surface area contributed by atoms with Crippen molar-refractivity contribution >= 4 is 33.7 Å². The first-order chi connectivity index (χ1) is 5.24. The molecule has 1 heterocycles. The molecule has 0 saturated heterocycles. The predicted molar refractivity (Wildman–Crippen MR) is 52.6 cm³/mol. The van der Waals surface area contributed by atoms with E-state index in [1.54, 1.807) is 11.3 Å². The lowest BCUT2D eigenvalue weighted by Gasteiger charge is -2.04. The van der Waals surface area contributed by atoms with Crippen LogP contribution >= 0.6 is 23.6 Å². The van der Waals surface area contributed by atoms with Crippen LogP contribution in [0.3, 0.4) is 0 Å². The zero-order valence-corrected chi connectivity index (χ0v) is 7.68. The van der Waals surface area contributed by atoms with Crippen molar-refractivity contribution in [2.75, 3.05) is 5.32 Å². The van der Waals surface area contributed by atoms with Crippen LogP contribution in [-0.2, 0) is 0 Å². The highest BCUT2D eigenvalue weighted by Crippen LogP contribution is 2.21. The van der Waals surface area contributed by atoms with E-state index in [9.17, 15) is 0 Å². The molecule has 0 fully saturated rings. The molecule has 0 unspecified atom stereocenters. The van der Waals surface area contributed by atoms with E-state index in [0.717, 1.165) is 5.00 Å². The lowest BCUT2D eigenvalue weighted by atomic mass is 10.4. The molecular weight excluding hydrogens is 178 g/mol. The normalized spacial score (nSPS) is 9.27. The number of anilines is 1. The summed E-state index contributed by atoms with van der Waals surface area (Å²) in [5, 5.41) is 6.43. The van der Waals surface area contributed by atoms with Gasteiger partial charge in [-0.1, -0.05) is 0 Å². The Hall–Kier alpha value is -0.650. The fourth-order valence-electron chi connectivity index (χ4n) is 0.640. The third kappa shape index (κ3) is 2.14. The van der Waals surface area contributed by atoms with Gasteiger partial charge in [0.15, 0.2) is 5.11 Å². The minimum absolute atomic E-state index is 0.440. The van der Waals surface area contributed by atoms with Gasteiger partial charge in [-0.2, -0.15) is 0 Å². The lowest BCUT2D eigenvalue weighted by molar-refractivity contribution is 1.04. The Morgan fingerprint density at radius 3 is 2.91 bits per heavy atom. The number of thiocarbonyl (C=S) groups is 1. The number of nitrogens with two attached hydrogens (primary N) is 1. The molecule has 0 bridgehead atoms. The van der Waals surface area contributed by atoms with E-state index in [4.69, 9.17) is 18.1 Å². The third-order valence-electron chi connectivity index (χ3n) is 1.22. The van der Waals surface area contributed by atoms with Crippen molar-refractivity contribution < 1.29 is 0 Å². The highest BCUT2D eigenvalue weighted by molar-refractivity contribution is 7.80. The van der Waals surface area contributed by atoms with Crippen LogP contribution in [0, 0.1) is 6.92 Å². The number of aryl methyl sites for hydroxylation is 1. The predicted octanol–water partition coefficient (Wildman–Crippen LogP) is 1.22. The van der Waals surface area contributed by atoms with Crippen LogP contribution in [0.2, 0.25) is 0 Å². The van der Waals surface area contributed by atoms with Crippen molar-refractivity contribution in [2.45, 2.75) is 6.92 Å². The van der Waals surface area contributed by atoms with Crippen LogP contribution in [-0.4, -0.2) is 5.11 Å². The second-order valence-electron chi connectivity index (χ2n) is 2.03. The zero-order valence-electron chi connectivity index (χ0n) is 6.05. The molecule has 0 amide bonds. The molecule has 1 aromatic heterocycles. The first-order valence-electron chi connectivity index (χ1n) is 3.05. The van der Waals surface area contributed by atoms with Crippen LogP contribution in [0.25, 0.3) is 0 Å². The number of hydrogen-bond donors (Lipinski definition) is 3. The molecule has 11 heavy (non-hydrogen) atoms. The van der Waals surface area contributed by atoms with Crippen LogP contribution in [0.4, 0.5) is 5.00 Å². The number of thiophene rings is 1. The summed E-state index contributed by atoms with van der Waals surface area (Å²) in [7, 11) is 0. The van der Waals surface area contributed by atoms with Crippen molar-refractivity contribution in [3.8, 4) is 0 Å². The quantitative estimate of drug-likeness (QED) is 0.351. The molecule has 0 aliphatic heterocycles. The average Bonchev–Trinajstić information content (AvgIpc) is 2.37. The Labute approximate surface area is 74.6 Å². The summed E-state index contributed by atoms with van der Waals surface area (Å²) in [5.41, 5.74) is 3.53. The highest BCUT2D eigenvalue weighted by atomic mass is 32.1. The molecule has 0 radical (unpaired) electrons. The molecular formula is C6H9N3S2. The minimum Gasteiger partial charge on any atom is -0.323 e. The van der Waals surface area contributed by atoms with Gasteiger partial charge in [-0.3, -0.25) is 0 Å². The standard InChI is InChI=1S/C6H9N3S2/c1-4-2-3-11-5(4)8-6(10)9-7/h2-3H,7H2,1H3,(H2,8,9,10). The summed E-state index contributed by atoms with van der Waals surface area (Å²) in [6.07, 6.45) is 0. The Morgan fingerprint density at radius 2 is 2.45 bits per heavy atom. The Kier molecular flexibility index (Phi) is 2.81. The largest absolute Gasteiger partial charge is 0.323 e. The van der Waals surface area contributed by atoms with Crippen molar-refractivity contribution in [3.63, 3.8) is 0 Å². The fraction of sp³-hybridized carbons (Fsp3) is 0.167. The van der Waals surface area contributed by atoms with Crippen molar-refractivity contribution in [1.29, 1.82) is 0 Å². The zero-order chi connectivity index (χ0) is 8.27.